The minimum absolute atomic E-state index is 0.269. The lowest BCUT2D eigenvalue weighted by Crippen LogP contribution is -2.40. The first-order chi connectivity index (χ1) is 7.70. The monoisotopic (exact) mass is 243 g/mol. The second kappa shape index (κ2) is 5.74. The zero-order valence-electron chi connectivity index (χ0n) is 10.6. The SMILES string of the molecule is CC(C)NCCC1CCOC2(CCSC2)C1. The molecule has 2 rings (SSSR count). The highest BCUT2D eigenvalue weighted by molar-refractivity contribution is 7.99. The van der Waals surface area contributed by atoms with Crippen molar-refractivity contribution in [3.63, 3.8) is 0 Å². The average molecular weight is 243 g/mol. The predicted molar refractivity (Wildman–Crippen MR) is 71.1 cm³/mol. The van der Waals surface area contributed by atoms with Crippen molar-refractivity contribution in [3.8, 4) is 0 Å². The Bertz CT molecular complexity index is 214. The first-order valence-electron chi connectivity index (χ1n) is 6.65. The number of nitrogens with one attached hydrogen (secondary N) is 1. The van der Waals surface area contributed by atoms with Crippen LogP contribution in [-0.4, -0.2) is 36.3 Å². The van der Waals surface area contributed by atoms with E-state index in [0.717, 1.165) is 12.5 Å². The Morgan fingerprint density at radius 1 is 1.50 bits per heavy atom. The van der Waals surface area contributed by atoms with Crippen LogP contribution in [0.5, 0.6) is 0 Å². The molecular weight excluding hydrogens is 218 g/mol. The fourth-order valence-corrected chi connectivity index (χ4v) is 4.19. The summed E-state index contributed by atoms with van der Waals surface area (Å²) in [4.78, 5) is 0. The van der Waals surface area contributed by atoms with E-state index in [2.05, 4.69) is 30.9 Å². The van der Waals surface area contributed by atoms with Crippen molar-refractivity contribution in [2.75, 3.05) is 24.7 Å². The molecule has 2 fully saturated rings. The molecule has 2 heterocycles. The molecule has 2 nitrogen and oxygen atoms in total. The molecule has 2 atom stereocenters. The van der Waals surface area contributed by atoms with Crippen LogP contribution in [0.3, 0.4) is 0 Å². The van der Waals surface area contributed by atoms with Crippen LogP contribution < -0.4 is 5.32 Å². The van der Waals surface area contributed by atoms with E-state index in [4.69, 9.17) is 4.74 Å². The Hall–Kier alpha value is 0.270. The van der Waals surface area contributed by atoms with E-state index >= 15 is 0 Å². The Morgan fingerprint density at radius 2 is 2.38 bits per heavy atom. The zero-order valence-corrected chi connectivity index (χ0v) is 11.4. The van der Waals surface area contributed by atoms with Gasteiger partial charge in [0, 0.05) is 18.4 Å². The first kappa shape index (κ1) is 12.7. The molecule has 0 amide bonds. The molecule has 16 heavy (non-hydrogen) atoms. The second-order valence-electron chi connectivity index (χ2n) is 5.59. The number of ether oxygens (including phenoxy) is 1. The second-order valence-corrected chi connectivity index (χ2v) is 6.70. The van der Waals surface area contributed by atoms with E-state index < -0.39 is 0 Å². The van der Waals surface area contributed by atoms with Crippen LogP contribution in [0.1, 0.15) is 39.5 Å². The highest BCUT2D eigenvalue weighted by Crippen LogP contribution is 2.41. The van der Waals surface area contributed by atoms with Crippen LogP contribution in [0.2, 0.25) is 0 Å². The van der Waals surface area contributed by atoms with E-state index in [0.29, 0.717) is 6.04 Å². The number of thioether (sulfide) groups is 1. The summed E-state index contributed by atoms with van der Waals surface area (Å²) in [6.45, 7) is 6.61. The van der Waals surface area contributed by atoms with Gasteiger partial charge in [-0.25, -0.2) is 0 Å². The molecular formula is C13H25NOS. The van der Waals surface area contributed by atoms with Crippen LogP contribution in [-0.2, 0) is 4.74 Å². The van der Waals surface area contributed by atoms with Gasteiger partial charge in [-0.15, -0.1) is 0 Å². The zero-order chi connectivity index (χ0) is 11.4. The molecule has 0 aromatic carbocycles. The third-order valence-electron chi connectivity index (χ3n) is 3.77. The van der Waals surface area contributed by atoms with E-state index in [-0.39, 0.29) is 5.60 Å². The minimum Gasteiger partial charge on any atom is -0.374 e. The van der Waals surface area contributed by atoms with Gasteiger partial charge in [0.05, 0.1) is 5.60 Å². The van der Waals surface area contributed by atoms with Gasteiger partial charge in [0.1, 0.15) is 0 Å². The molecule has 0 aliphatic carbocycles. The molecule has 0 saturated carbocycles. The van der Waals surface area contributed by atoms with Crippen LogP contribution in [0.15, 0.2) is 0 Å². The Kier molecular flexibility index (Phi) is 4.57. The molecule has 1 spiro atoms. The van der Waals surface area contributed by atoms with Crippen molar-refractivity contribution in [2.24, 2.45) is 5.92 Å². The van der Waals surface area contributed by atoms with Crippen molar-refractivity contribution in [2.45, 2.75) is 51.2 Å². The van der Waals surface area contributed by atoms with Gasteiger partial charge in [0.25, 0.3) is 0 Å². The highest BCUT2D eigenvalue weighted by Gasteiger charge is 2.40. The lowest BCUT2D eigenvalue weighted by Gasteiger charge is -2.38. The van der Waals surface area contributed by atoms with E-state index in [1.165, 1.54) is 43.7 Å². The van der Waals surface area contributed by atoms with Crippen LogP contribution >= 0.6 is 11.8 Å². The quantitative estimate of drug-likeness (QED) is 0.820. The van der Waals surface area contributed by atoms with Gasteiger partial charge in [-0.1, -0.05) is 13.8 Å². The highest BCUT2D eigenvalue weighted by atomic mass is 32.2. The first-order valence-corrected chi connectivity index (χ1v) is 7.81. The summed E-state index contributed by atoms with van der Waals surface area (Å²) in [5.74, 6) is 3.43. The van der Waals surface area contributed by atoms with E-state index in [9.17, 15) is 0 Å². The van der Waals surface area contributed by atoms with Gasteiger partial charge in [-0.05, 0) is 43.9 Å². The molecule has 0 bridgehead atoms. The lowest BCUT2D eigenvalue weighted by molar-refractivity contribution is -0.0803. The van der Waals surface area contributed by atoms with Gasteiger partial charge in [0.2, 0.25) is 0 Å². The molecule has 2 saturated heterocycles. The summed E-state index contributed by atoms with van der Waals surface area (Å²) in [6, 6.07) is 0.621. The van der Waals surface area contributed by atoms with Crippen molar-refractivity contribution >= 4 is 11.8 Å². The summed E-state index contributed by atoms with van der Waals surface area (Å²) in [5, 5.41) is 3.53. The maximum atomic E-state index is 6.04. The Labute approximate surface area is 104 Å². The Balaban J connectivity index is 1.74. The molecule has 2 aliphatic heterocycles. The number of hydrogen-bond acceptors (Lipinski definition) is 3. The lowest BCUT2D eigenvalue weighted by atomic mass is 9.83. The van der Waals surface area contributed by atoms with E-state index in [1.807, 2.05) is 0 Å². The van der Waals surface area contributed by atoms with Gasteiger partial charge in [-0.2, -0.15) is 11.8 Å². The summed E-state index contributed by atoms with van der Waals surface area (Å²) in [5.41, 5.74) is 0.269. The third kappa shape index (κ3) is 3.38. The molecule has 0 radical (unpaired) electrons. The molecule has 94 valence electrons. The summed E-state index contributed by atoms with van der Waals surface area (Å²) >= 11 is 2.07. The van der Waals surface area contributed by atoms with Gasteiger partial charge in [0.15, 0.2) is 0 Å². The summed E-state index contributed by atoms with van der Waals surface area (Å²) < 4.78 is 6.04. The van der Waals surface area contributed by atoms with E-state index in [1.54, 1.807) is 0 Å². The number of rotatable bonds is 4. The predicted octanol–water partition coefficient (Wildman–Crippen LogP) is 2.68. The largest absolute Gasteiger partial charge is 0.374 e. The third-order valence-corrected chi connectivity index (χ3v) is 4.99. The summed E-state index contributed by atoms with van der Waals surface area (Å²) in [6.07, 6.45) is 5.19. The summed E-state index contributed by atoms with van der Waals surface area (Å²) in [7, 11) is 0. The smallest absolute Gasteiger partial charge is 0.0783 e. The van der Waals surface area contributed by atoms with Crippen molar-refractivity contribution in [1.82, 2.24) is 5.32 Å². The molecule has 2 unspecified atom stereocenters. The van der Waals surface area contributed by atoms with Crippen LogP contribution in [0.25, 0.3) is 0 Å². The normalized spacial score (nSPS) is 35.1. The van der Waals surface area contributed by atoms with Gasteiger partial charge < -0.3 is 10.1 Å². The Morgan fingerprint density at radius 3 is 3.06 bits per heavy atom. The minimum atomic E-state index is 0.269. The molecule has 0 aromatic heterocycles. The maximum Gasteiger partial charge on any atom is 0.0783 e. The topological polar surface area (TPSA) is 21.3 Å². The fourth-order valence-electron chi connectivity index (χ4n) is 2.82. The molecule has 1 N–H and O–H groups in total. The fraction of sp³-hybridized carbons (Fsp3) is 1.00. The molecule has 0 aromatic rings. The van der Waals surface area contributed by atoms with Crippen molar-refractivity contribution < 1.29 is 4.74 Å². The molecule has 3 heteroatoms. The van der Waals surface area contributed by atoms with Crippen LogP contribution in [0.4, 0.5) is 0 Å². The van der Waals surface area contributed by atoms with Gasteiger partial charge in [-0.3, -0.25) is 0 Å². The standard InChI is InChI=1S/C13H25NOS/c1-11(2)14-6-3-12-4-7-15-13(9-12)5-8-16-10-13/h11-12,14H,3-10H2,1-2H3. The van der Waals surface area contributed by atoms with Crippen molar-refractivity contribution in [3.05, 3.63) is 0 Å². The average Bonchev–Trinajstić information content (AvgIpc) is 2.66. The number of hydrogen-bond donors (Lipinski definition) is 1. The molecule has 2 aliphatic rings. The van der Waals surface area contributed by atoms with Crippen molar-refractivity contribution in [1.29, 1.82) is 0 Å². The maximum absolute atomic E-state index is 6.04. The van der Waals surface area contributed by atoms with Crippen LogP contribution in [0, 0.1) is 5.92 Å². The van der Waals surface area contributed by atoms with Gasteiger partial charge >= 0.3 is 0 Å².